The van der Waals surface area contributed by atoms with Crippen LogP contribution in [-0.4, -0.2) is 40.5 Å². The lowest BCUT2D eigenvalue weighted by Gasteiger charge is -2.34. The lowest BCUT2D eigenvalue weighted by atomic mass is 9.89. The van der Waals surface area contributed by atoms with Gasteiger partial charge in [0.25, 0.3) is 0 Å². The normalized spacial score (nSPS) is 27.4. The Balaban J connectivity index is 1.90. The van der Waals surface area contributed by atoms with Crippen LogP contribution in [0.2, 0.25) is 0 Å². The summed E-state index contributed by atoms with van der Waals surface area (Å²) in [6.45, 7) is 4.18. The van der Waals surface area contributed by atoms with Crippen molar-refractivity contribution < 1.29 is 9.53 Å². The molecule has 1 saturated carbocycles. The maximum Gasteiger partial charge on any atom is 0.319 e. The first-order valence-corrected chi connectivity index (χ1v) is 7.33. The molecule has 92 valence electrons. The number of carbonyl (C=O) groups excluding carboxylic acids is 1. The van der Waals surface area contributed by atoms with Crippen molar-refractivity contribution >= 4 is 28.6 Å². The van der Waals surface area contributed by atoms with Crippen LogP contribution in [-0.2, 0) is 9.53 Å². The van der Waals surface area contributed by atoms with Gasteiger partial charge in [0, 0.05) is 5.92 Å². The molecule has 0 bridgehead atoms. The number of rotatable bonds is 3. The number of hydrogen-bond acceptors (Lipinski definition) is 3. The summed E-state index contributed by atoms with van der Waals surface area (Å²) in [5.74, 6) is 0.569. The minimum atomic E-state index is -0.0717. The average Bonchev–Trinajstić information content (AvgIpc) is 2.99. The van der Waals surface area contributed by atoms with Gasteiger partial charge < -0.3 is 9.64 Å². The zero-order chi connectivity index (χ0) is 11.8. The molecule has 1 aliphatic carbocycles. The second kappa shape index (κ2) is 4.80. The van der Waals surface area contributed by atoms with Gasteiger partial charge in [-0.3, -0.25) is 4.79 Å². The van der Waals surface area contributed by atoms with Gasteiger partial charge in [0.05, 0.1) is 0 Å². The lowest BCUT2D eigenvalue weighted by molar-refractivity contribution is -0.154. The van der Waals surface area contributed by atoms with Gasteiger partial charge in [-0.15, -0.1) is 0 Å². The molecule has 1 saturated heterocycles. The van der Waals surface area contributed by atoms with E-state index < -0.39 is 0 Å². The van der Waals surface area contributed by atoms with Gasteiger partial charge in [-0.1, -0.05) is 22.6 Å². The summed E-state index contributed by atoms with van der Waals surface area (Å²) in [6, 6.07) is 0. The fourth-order valence-electron chi connectivity index (χ4n) is 2.53. The molecule has 0 spiro atoms. The summed E-state index contributed by atoms with van der Waals surface area (Å²) < 4.78 is 5.69. The zero-order valence-corrected chi connectivity index (χ0v) is 12.2. The van der Waals surface area contributed by atoms with Gasteiger partial charge in [-0.05, 0) is 52.7 Å². The number of likely N-dealkylation sites (tertiary alicyclic amines) is 1. The van der Waals surface area contributed by atoms with Gasteiger partial charge in [-0.2, -0.15) is 0 Å². The van der Waals surface area contributed by atoms with Crippen LogP contribution in [0, 0.1) is 5.92 Å². The highest BCUT2D eigenvalue weighted by atomic mass is 127. The quantitative estimate of drug-likeness (QED) is 0.449. The third-order valence-corrected chi connectivity index (χ3v) is 4.34. The number of ether oxygens (including phenoxy) is 1. The molecule has 1 aliphatic heterocycles. The second-order valence-electron chi connectivity index (χ2n) is 5.18. The average molecular weight is 337 g/mol. The Morgan fingerprint density at radius 1 is 1.44 bits per heavy atom. The van der Waals surface area contributed by atoms with Crippen LogP contribution in [0.5, 0.6) is 0 Å². The van der Waals surface area contributed by atoms with E-state index in [-0.39, 0.29) is 15.5 Å². The van der Waals surface area contributed by atoms with E-state index in [4.69, 9.17) is 4.74 Å². The number of esters is 1. The lowest BCUT2D eigenvalue weighted by Crippen LogP contribution is -2.39. The Morgan fingerprint density at radius 3 is 2.44 bits per heavy atom. The minimum absolute atomic E-state index is 0.0265. The largest absolute Gasteiger partial charge is 0.458 e. The van der Waals surface area contributed by atoms with Crippen LogP contribution < -0.4 is 0 Å². The summed E-state index contributed by atoms with van der Waals surface area (Å²) in [4.78, 5) is 14.0. The molecule has 2 aliphatic rings. The van der Waals surface area contributed by atoms with Crippen LogP contribution in [0.25, 0.3) is 0 Å². The fourth-order valence-corrected chi connectivity index (χ4v) is 2.66. The monoisotopic (exact) mass is 337 g/mol. The first kappa shape index (κ1) is 12.6. The van der Waals surface area contributed by atoms with Crippen LogP contribution in [0.15, 0.2) is 0 Å². The number of piperidine rings is 1. The standard InChI is InChI=1S/C12H20INO2/c1-9(13)11(15)16-12(5-6-12)10-3-7-14(2)8-4-10/h9-10H,3-8H2,1-2H3. The SMILES string of the molecule is CC(I)C(=O)OC1(C2CCN(C)CC2)CC1. The molecular formula is C12H20INO2. The summed E-state index contributed by atoms with van der Waals surface area (Å²) >= 11 is 2.13. The van der Waals surface area contributed by atoms with Crippen LogP contribution in [0.4, 0.5) is 0 Å². The highest BCUT2D eigenvalue weighted by Gasteiger charge is 2.53. The van der Waals surface area contributed by atoms with E-state index in [1.165, 1.54) is 12.8 Å². The molecule has 16 heavy (non-hydrogen) atoms. The predicted molar refractivity (Wildman–Crippen MR) is 71.8 cm³/mol. The van der Waals surface area contributed by atoms with E-state index in [9.17, 15) is 4.79 Å². The maximum atomic E-state index is 11.7. The fraction of sp³-hybridized carbons (Fsp3) is 0.917. The Bertz CT molecular complexity index is 268. The van der Waals surface area contributed by atoms with E-state index in [2.05, 4.69) is 34.5 Å². The molecule has 2 rings (SSSR count). The van der Waals surface area contributed by atoms with Crippen LogP contribution in [0.1, 0.15) is 32.6 Å². The topological polar surface area (TPSA) is 29.5 Å². The molecule has 3 nitrogen and oxygen atoms in total. The number of hydrogen-bond donors (Lipinski definition) is 0. The number of halogens is 1. The van der Waals surface area contributed by atoms with Gasteiger partial charge >= 0.3 is 5.97 Å². The molecule has 0 aromatic carbocycles. The Labute approximate surface area is 111 Å². The molecule has 1 unspecified atom stereocenters. The van der Waals surface area contributed by atoms with E-state index in [1.807, 2.05) is 6.92 Å². The molecule has 0 aromatic rings. The number of alkyl halides is 1. The Morgan fingerprint density at radius 2 is 2.00 bits per heavy atom. The predicted octanol–water partition coefficient (Wildman–Crippen LogP) is 2.23. The molecule has 0 radical (unpaired) electrons. The summed E-state index contributed by atoms with van der Waals surface area (Å²) in [5, 5.41) is 0. The second-order valence-corrected chi connectivity index (χ2v) is 7.05. The van der Waals surface area contributed by atoms with Crippen molar-refractivity contribution in [3.63, 3.8) is 0 Å². The third-order valence-electron chi connectivity index (χ3n) is 3.83. The summed E-state index contributed by atoms with van der Waals surface area (Å²) in [6.07, 6.45) is 4.52. The summed E-state index contributed by atoms with van der Waals surface area (Å²) in [5.41, 5.74) is -0.0717. The first-order valence-electron chi connectivity index (χ1n) is 6.09. The van der Waals surface area contributed by atoms with Crippen molar-refractivity contribution in [2.75, 3.05) is 20.1 Å². The van der Waals surface area contributed by atoms with Gasteiger partial charge in [-0.25, -0.2) is 0 Å². The first-order chi connectivity index (χ1) is 7.53. The minimum Gasteiger partial charge on any atom is -0.458 e. The van der Waals surface area contributed by atoms with Crippen LogP contribution in [0.3, 0.4) is 0 Å². The van der Waals surface area contributed by atoms with Crippen molar-refractivity contribution in [2.24, 2.45) is 5.92 Å². The molecule has 4 heteroatoms. The summed E-state index contributed by atoms with van der Waals surface area (Å²) in [7, 11) is 2.16. The molecule has 2 fully saturated rings. The smallest absolute Gasteiger partial charge is 0.319 e. The number of carbonyl (C=O) groups is 1. The van der Waals surface area contributed by atoms with Crippen molar-refractivity contribution in [2.45, 2.75) is 42.1 Å². The molecule has 1 heterocycles. The highest BCUT2D eigenvalue weighted by Crippen LogP contribution is 2.50. The molecule has 0 N–H and O–H groups in total. The third kappa shape index (κ3) is 2.70. The molecule has 0 aromatic heterocycles. The van der Waals surface area contributed by atoms with Crippen molar-refractivity contribution in [1.29, 1.82) is 0 Å². The number of nitrogens with zero attached hydrogens (tertiary/aromatic N) is 1. The van der Waals surface area contributed by atoms with Crippen LogP contribution >= 0.6 is 22.6 Å². The zero-order valence-electron chi connectivity index (χ0n) is 10.0. The van der Waals surface area contributed by atoms with E-state index >= 15 is 0 Å². The van der Waals surface area contributed by atoms with Crippen molar-refractivity contribution in [1.82, 2.24) is 4.90 Å². The Hall–Kier alpha value is 0.160. The molecule has 0 amide bonds. The van der Waals surface area contributed by atoms with Gasteiger partial charge in [0.2, 0.25) is 0 Å². The van der Waals surface area contributed by atoms with E-state index in [0.717, 1.165) is 25.9 Å². The van der Waals surface area contributed by atoms with Crippen molar-refractivity contribution in [3.05, 3.63) is 0 Å². The molecule has 1 atom stereocenters. The van der Waals surface area contributed by atoms with Gasteiger partial charge in [0.1, 0.15) is 9.53 Å². The molecular weight excluding hydrogens is 317 g/mol. The Kier molecular flexibility index (Phi) is 3.79. The highest BCUT2D eigenvalue weighted by molar-refractivity contribution is 14.1. The van der Waals surface area contributed by atoms with Gasteiger partial charge in [0.15, 0.2) is 0 Å². The van der Waals surface area contributed by atoms with E-state index in [1.54, 1.807) is 0 Å². The van der Waals surface area contributed by atoms with Crippen molar-refractivity contribution in [3.8, 4) is 0 Å². The van der Waals surface area contributed by atoms with E-state index in [0.29, 0.717) is 5.92 Å². The maximum absolute atomic E-state index is 11.7.